The van der Waals surface area contributed by atoms with Crippen molar-refractivity contribution in [3.05, 3.63) is 34.9 Å². The highest BCUT2D eigenvalue weighted by molar-refractivity contribution is 14.0. The molecule has 1 saturated carbocycles. The van der Waals surface area contributed by atoms with Crippen LogP contribution < -0.4 is 10.6 Å². The van der Waals surface area contributed by atoms with Crippen molar-refractivity contribution in [2.75, 3.05) is 19.6 Å². The van der Waals surface area contributed by atoms with E-state index in [-0.39, 0.29) is 29.4 Å². The molecule has 0 saturated heterocycles. The van der Waals surface area contributed by atoms with E-state index in [1.807, 2.05) is 12.1 Å². The second-order valence-corrected chi connectivity index (χ2v) is 6.59. The molecule has 0 amide bonds. The summed E-state index contributed by atoms with van der Waals surface area (Å²) in [5.74, 6) is 0.957. The molecule has 0 bridgehead atoms. The zero-order valence-electron chi connectivity index (χ0n) is 12.9. The van der Waals surface area contributed by atoms with Gasteiger partial charge in [-0.25, -0.2) is 0 Å². The summed E-state index contributed by atoms with van der Waals surface area (Å²) < 4.78 is 0. The highest BCUT2D eigenvalue weighted by Crippen LogP contribution is 2.41. The number of hydrogen-bond acceptors (Lipinski definition) is 3. The second kappa shape index (κ2) is 8.39. The first-order chi connectivity index (χ1) is 10.3. The summed E-state index contributed by atoms with van der Waals surface area (Å²) in [5.41, 5.74) is 1.45. The first-order valence-corrected chi connectivity index (χ1v) is 8.45. The first kappa shape index (κ1) is 17.9. The SMILES string of the molecule is Clc1ccccc1C1(CNC2=NCCCN2)CCCCC1.I. The fourth-order valence-corrected chi connectivity index (χ4v) is 3.90. The van der Waals surface area contributed by atoms with Crippen molar-refractivity contribution in [2.24, 2.45) is 4.99 Å². The molecular weight excluding hydrogens is 409 g/mol. The van der Waals surface area contributed by atoms with Crippen LogP contribution in [0.2, 0.25) is 5.02 Å². The minimum absolute atomic E-state index is 0. The molecule has 0 unspecified atom stereocenters. The maximum absolute atomic E-state index is 6.49. The molecule has 1 heterocycles. The zero-order valence-corrected chi connectivity index (χ0v) is 16.0. The number of guanidine groups is 1. The Labute approximate surface area is 155 Å². The van der Waals surface area contributed by atoms with Crippen LogP contribution in [-0.4, -0.2) is 25.6 Å². The average Bonchev–Trinajstić information content (AvgIpc) is 2.55. The van der Waals surface area contributed by atoms with Gasteiger partial charge < -0.3 is 10.6 Å². The Hall–Kier alpha value is -0.490. The Morgan fingerprint density at radius 1 is 1.14 bits per heavy atom. The summed E-state index contributed by atoms with van der Waals surface area (Å²) in [6, 6.07) is 8.34. The number of benzene rings is 1. The van der Waals surface area contributed by atoms with Crippen LogP contribution in [0.25, 0.3) is 0 Å². The summed E-state index contributed by atoms with van der Waals surface area (Å²) in [4.78, 5) is 4.52. The molecule has 0 spiro atoms. The van der Waals surface area contributed by atoms with Gasteiger partial charge in [-0.1, -0.05) is 49.1 Å². The molecule has 2 aliphatic rings. The molecule has 0 aromatic heterocycles. The van der Waals surface area contributed by atoms with E-state index in [0.717, 1.165) is 37.0 Å². The molecule has 1 aliphatic heterocycles. The van der Waals surface area contributed by atoms with Gasteiger partial charge in [-0.05, 0) is 30.9 Å². The lowest BCUT2D eigenvalue weighted by molar-refractivity contribution is 0.291. The molecule has 0 atom stereocenters. The van der Waals surface area contributed by atoms with Gasteiger partial charge in [0.2, 0.25) is 0 Å². The number of aliphatic imine (C=N–C) groups is 1. The number of halogens is 2. The lowest BCUT2D eigenvalue weighted by Gasteiger charge is -2.39. The standard InChI is InChI=1S/C17H24ClN3.HI/c18-15-8-3-2-7-14(15)17(9-4-1-5-10-17)13-21-16-19-11-6-12-20-16;/h2-3,7-8H,1,4-6,9-13H2,(H2,19,20,21);1H. The summed E-state index contributed by atoms with van der Waals surface area (Å²) in [7, 11) is 0. The predicted molar refractivity (Wildman–Crippen MR) is 105 cm³/mol. The topological polar surface area (TPSA) is 36.4 Å². The number of rotatable bonds is 3. The molecule has 2 N–H and O–H groups in total. The van der Waals surface area contributed by atoms with Gasteiger partial charge in [0.1, 0.15) is 0 Å². The molecule has 3 rings (SSSR count). The summed E-state index contributed by atoms with van der Waals surface area (Å²) in [5, 5.41) is 7.79. The second-order valence-electron chi connectivity index (χ2n) is 6.19. The lowest BCUT2D eigenvalue weighted by Crippen LogP contribution is -2.48. The van der Waals surface area contributed by atoms with Crippen LogP contribution in [0.4, 0.5) is 0 Å². The minimum atomic E-state index is 0. The van der Waals surface area contributed by atoms with Gasteiger partial charge in [0, 0.05) is 30.1 Å². The number of nitrogens with one attached hydrogen (secondary N) is 2. The highest BCUT2D eigenvalue weighted by Gasteiger charge is 2.35. The molecule has 5 heteroatoms. The molecule has 0 radical (unpaired) electrons. The molecule has 1 aromatic rings. The third-order valence-corrected chi connectivity index (χ3v) is 5.08. The molecule has 3 nitrogen and oxygen atoms in total. The zero-order chi connectivity index (χ0) is 14.5. The van der Waals surface area contributed by atoms with Crippen LogP contribution in [0, 0.1) is 0 Å². The fourth-order valence-electron chi connectivity index (χ4n) is 3.57. The predicted octanol–water partition coefficient (Wildman–Crippen LogP) is 4.10. The van der Waals surface area contributed by atoms with Gasteiger partial charge >= 0.3 is 0 Å². The molecule has 1 fully saturated rings. The van der Waals surface area contributed by atoms with Crippen molar-refractivity contribution < 1.29 is 0 Å². The van der Waals surface area contributed by atoms with Crippen LogP contribution in [-0.2, 0) is 5.41 Å². The maximum atomic E-state index is 6.49. The van der Waals surface area contributed by atoms with E-state index in [4.69, 9.17) is 11.6 Å². The summed E-state index contributed by atoms with van der Waals surface area (Å²) in [6.07, 6.45) is 7.44. The molecule has 1 aliphatic carbocycles. The van der Waals surface area contributed by atoms with Crippen molar-refractivity contribution in [3.8, 4) is 0 Å². The monoisotopic (exact) mass is 433 g/mol. The number of nitrogens with zero attached hydrogens (tertiary/aromatic N) is 1. The van der Waals surface area contributed by atoms with E-state index in [1.54, 1.807) is 0 Å². The van der Waals surface area contributed by atoms with Crippen molar-refractivity contribution in [1.82, 2.24) is 10.6 Å². The Bertz CT molecular complexity index is 512. The van der Waals surface area contributed by atoms with Gasteiger partial charge in [-0.15, -0.1) is 24.0 Å². The third kappa shape index (κ3) is 4.07. The summed E-state index contributed by atoms with van der Waals surface area (Å²) in [6.45, 7) is 2.86. The average molecular weight is 434 g/mol. The van der Waals surface area contributed by atoms with E-state index >= 15 is 0 Å². The number of hydrogen-bond donors (Lipinski definition) is 2. The van der Waals surface area contributed by atoms with Crippen LogP contribution in [0.1, 0.15) is 44.1 Å². The Balaban J connectivity index is 0.00000176. The minimum Gasteiger partial charge on any atom is -0.356 e. The van der Waals surface area contributed by atoms with Gasteiger partial charge in [-0.2, -0.15) is 0 Å². The van der Waals surface area contributed by atoms with Gasteiger partial charge in [0.05, 0.1) is 0 Å². The summed E-state index contributed by atoms with van der Waals surface area (Å²) >= 11 is 6.49. The quantitative estimate of drug-likeness (QED) is 0.704. The van der Waals surface area contributed by atoms with E-state index < -0.39 is 0 Å². The fraction of sp³-hybridized carbons (Fsp3) is 0.588. The van der Waals surface area contributed by atoms with Gasteiger partial charge in [-0.3, -0.25) is 4.99 Å². The van der Waals surface area contributed by atoms with E-state index in [2.05, 4.69) is 27.8 Å². The van der Waals surface area contributed by atoms with Crippen LogP contribution in [0.15, 0.2) is 29.3 Å². The molecule has 122 valence electrons. The highest BCUT2D eigenvalue weighted by atomic mass is 127. The Morgan fingerprint density at radius 2 is 1.91 bits per heavy atom. The van der Waals surface area contributed by atoms with Crippen LogP contribution >= 0.6 is 35.6 Å². The smallest absolute Gasteiger partial charge is 0.191 e. The first-order valence-electron chi connectivity index (χ1n) is 8.07. The van der Waals surface area contributed by atoms with Crippen molar-refractivity contribution in [1.29, 1.82) is 0 Å². The van der Waals surface area contributed by atoms with Crippen molar-refractivity contribution in [3.63, 3.8) is 0 Å². The van der Waals surface area contributed by atoms with E-state index in [0.29, 0.717) is 0 Å². The van der Waals surface area contributed by atoms with E-state index in [1.165, 1.54) is 37.7 Å². The Kier molecular flexibility index (Phi) is 6.81. The van der Waals surface area contributed by atoms with Crippen molar-refractivity contribution in [2.45, 2.75) is 43.9 Å². The largest absolute Gasteiger partial charge is 0.356 e. The maximum Gasteiger partial charge on any atom is 0.191 e. The van der Waals surface area contributed by atoms with Crippen LogP contribution in [0.3, 0.4) is 0 Å². The third-order valence-electron chi connectivity index (χ3n) is 4.75. The van der Waals surface area contributed by atoms with Gasteiger partial charge in [0.25, 0.3) is 0 Å². The molecular formula is C17H25ClIN3. The van der Waals surface area contributed by atoms with Crippen LogP contribution in [0.5, 0.6) is 0 Å². The molecule has 22 heavy (non-hydrogen) atoms. The van der Waals surface area contributed by atoms with E-state index in [9.17, 15) is 0 Å². The van der Waals surface area contributed by atoms with Crippen molar-refractivity contribution >= 4 is 41.5 Å². The molecule has 1 aromatic carbocycles. The normalized spacial score (nSPS) is 20.3. The Morgan fingerprint density at radius 3 is 2.59 bits per heavy atom. The van der Waals surface area contributed by atoms with Gasteiger partial charge in [0.15, 0.2) is 5.96 Å². The lowest BCUT2D eigenvalue weighted by atomic mass is 9.69.